The second-order valence-corrected chi connectivity index (χ2v) is 21.2. The lowest BCUT2D eigenvalue weighted by molar-refractivity contribution is -0.137. The number of amides is 11. The van der Waals surface area contributed by atoms with Gasteiger partial charge in [0.25, 0.3) is 23.6 Å². The molecule has 25 heteroatoms. The molecule has 0 saturated carbocycles. The van der Waals surface area contributed by atoms with Gasteiger partial charge in [-0.1, -0.05) is 50.6 Å². The Morgan fingerprint density at radius 3 is 2.17 bits per heavy atom. The number of alkyl carbamates (subject to hydrolysis) is 1. The maximum absolute atomic E-state index is 13.6. The van der Waals surface area contributed by atoms with Gasteiger partial charge in [-0.15, -0.1) is 0 Å². The first-order valence-electron chi connectivity index (χ1n) is 29.2. The molecular formula is C62H76N14O11. The highest BCUT2D eigenvalue weighted by atomic mass is 16.5. The van der Waals surface area contributed by atoms with Crippen LogP contribution in [0.25, 0.3) is 6.08 Å². The van der Waals surface area contributed by atoms with Gasteiger partial charge in [0.1, 0.15) is 18.5 Å². The number of carbonyl (C=O) groups excluding carboxylic acids is 10. The van der Waals surface area contributed by atoms with Crippen molar-refractivity contribution in [3.8, 4) is 0 Å². The number of amidine groups is 1. The van der Waals surface area contributed by atoms with E-state index in [-0.39, 0.29) is 94.0 Å². The number of hydrogen-bond acceptors (Lipinski definition) is 15. The molecule has 460 valence electrons. The zero-order valence-electron chi connectivity index (χ0n) is 49.0. The lowest BCUT2D eigenvalue weighted by Gasteiger charge is -2.28. The van der Waals surface area contributed by atoms with Crippen molar-refractivity contribution in [3.63, 3.8) is 0 Å². The number of hydrogen-bond donors (Lipinski definition) is 9. The molecule has 87 heavy (non-hydrogen) atoms. The van der Waals surface area contributed by atoms with E-state index in [9.17, 15) is 47.9 Å². The molecule has 0 saturated heterocycles. The summed E-state index contributed by atoms with van der Waals surface area (Å²) in [7, 11) is 0. The Morgan fingerprint density at radius 1 is 0.736 bits per heavy atom. The van der Waals surface area contributed by atoms with E-state index in [1.807, 2.05) is 43.0 Å². The third kappa shape index (κ3) is 20.2. The maximum atomic E-state index is 13.6. The normalized spacial score (nSPS) is 13.8. The van der Waals surface area contributed by atoms with Crippen LogP contribution in [0.3, 0.4) is 0 Å². The summed E-state index contributed by atoms with van der Waals surface area (Å²) in [6.45, 7) is 7.53. The molecule has 1 atom stereocenters. The van der Waals surface area contributed by atoms with Crippen LogP contribution < -0.4 is 48.7 Å². The number of nitrogens with one attached hydrogen (secondary N) is 7. The molecule has 11 N–H and O–H groups in total. The Hall–Kier alpha value is -9.78. The number of aliphatic imine (C=N–C) groups is 1. The number of rotatable bonds is 30. The van der Waals surface area contributed by atoms with Gasteiger partial charge in [-0.25, -0.2) is 14.6 Å². The number of fused-ring (bicyclic) bond motifs is 2. The fourth-order valence-electron chi connectivity index (χ4n) is 9.88. The van der Waals surface area contributed by atoms with E-state index in [4.69, 9.17) is 16.2 Å². The quantitative estimate of drug-likeness (QED) is 0.0257. The number of carbonyl (C=O) groups is 10. The van der Waals surface area contributed by atoms with Crippen molar-refractivity contribution in [2.24, 2.45) is 16.5 Å². The number of unbranched alkanes of at least 4 members (excludes halogenated alkanes) is 2. The van der Waals surface area contributed by atoms with E-state index in [1.165, 1.54) is 12.2 Å². The van der Waals surface area contributed by atoms with Crippen molar-refractivity contribution >= 4 is 88.4 Å². The highest BCUT2D eigenvalue weighted by Crippen LogP contribution is 2.30. The number of primary amides is 1. The van der Waals surface area contributed by atoms with Gasteiger partial charge in [-0.3, -0.25) is 53.1 Å². The summed E-state index contributed by atoms with van der Waals surface area (Å²) in [6, 6.07) is 19.1. The minimum absolute atomic E-state index is 0.0595. The molecule has 0 radical (unpaired) electrons. The largest absolute Gasteiger partial charge is 0.445 e. The van der Waals surface area contributed by atoms with E-state index in [0.717, 1.165) is 47.5 Å². The molecule has 7 rings (SSSR count). The molecule has 0 bridgehead atoms. The van der Waals surface area contributed by atoms with Crippen LogP contribution in [0.2, 0.25) is 0 Å². The second-order valence-electron chi connectivity index (χ2n) is 21.2. The van der Waals surface area contributed by atoms with E-state index in [1.54, 1.807) is 60.8 Å². The molecule has 11 amide bonds. The molecule has 4 heterocycles. The first kappa shape index (κ1) is 64.8. The summed E-state index contributed by atoms with van der Waals surface area (Å²) in [5.74, 6) is -2.70. The van der Waals surface area contributed by atoms with Crippen LogP contribution in [0.1, 0.15) is 120 Å². The van der Waals surface area contributed by atoms with Gasteiger partial charge in [-0.2, -0.15) is 0 Å². The number of urea groups is 1. The molecule has 3 aromatic carbocycles. The summed E-state index contributed by atoms with van der Waals surface area (Å²) < 4.78 is 5.34. The van der Waals surface area contributed by atoms with E-state index < -0.39 is 30.0 Å². The van der Waals surface area contributed by atoms with Crippen molar-refractivity contribution in [2.75, 3.05) is 63.0 Å². The zero-order chi connectivity index (χ0) is 62.2. The molecule has 3 aliphatic heterocycles. The topological polar surface area (TPSA) is 351 Å². The predicted molar refractivity (Wildman–Crippen MR) is 326 cm³/mol. The number of imide groups is 1. The molecule has 3 aliphatic rings. The maximum Gasteiger partial charge on any atom is 0.407 e. The molecule has 0 fully saturated rings. The molecule has 0 unspecified atom stereocenters. The second kappa shape index (κ2) is 32.5. The highest BCUT2D eigenvalue weighted by molar-refractivity contribution is 6.13. The lowest BCUT2D eigenvalue weighted by atomic mass is 10.0. The first-order valence-corrected chi connectivity index (χ1v) is 29.2. The Balaban J connectivity index is 0.787. The summed E-state index contributed by atoms with van der Waals surface area (Å²) in [5.41, 5.74) is 18.6. The van der Waals surface area contributed by atoms with Crippen molar-refractivity contribution in [2.45, 2.75) is 104 Å². The third-order valence-electron chi connectivity index (χ3n) is 14.3. The number of ether oxygens (including phenoxy) is 1. The van der Waals surface area contributed by atoms with Gasteiger partial charge in [0.05, 0.1) is 24.1 Å². The molecule has 25 nitrogen and oxygen atoms in total. The Morgan fingerprint density at radius 2 is 1.45 bits per heavy atom. The van der Waals surface area contributed by atoms with Crippen LogP contribution in [0.5, 0.6) is 0 Å². The fourth-order valence-corrected chi connectivity index (χ4v) is 9.88. The average Bonchev–Trinajstić information content (AvgIpc) is 3.08. The van der Waals surface area contributed by atoms with Crippen molar-refractivity contribution in [1.82, 2.24) is 46.3 Å². The lowest BCUT2D eigenvalue weighted by Crippen LogP contribution is -2.47. The van der Waals surface area contributed by atoms with E-state index in [0.29, 0.717) is 103 Å². The highest BCUT2D eigenvalue weighted by Gasteiger charge is 2.26. The fraction of sp³-hybridized carbons (Fsp3) is 0.387. The van der Waals surface area contributed by atoms with Crippen molar-refractivity contribution < 1.29 is 52.7 Å². The summed E-state index contributed by atoms with van der Waals surface area (Å²) in [6.07, 6.45) is 9.94. The van der Waals surface area contributed by atoms with Crippen LogP contribution in [-0.4, -0.2) is 143 Å². The molecule has 0 spiro atoms. The minimum atomic E-state index is -1.04. The number of anilines is 2. The summed E-state index contributed by atoms with van der Waals surface area (Å²) >= 11 is 0. The van der Waals surface area contributed by atoms with E-state index >= 15 is 0 Å². The molecular weight excluding hydrogens is 1120 g/mol. The van der Waals surface area contributed by atoms with Crippen molar-refractivity contribution in [1.29, 1.82) is 0 Å². The van der Waals surface area contributed by atoms with E-state index in [2.05, 4.69) is 52.1 Å². The van der Waals surface area contributed by atoms with Crippen LogP contribution >= 0.6 is 0 Å². The van der Waals surface area contributed by atoms with Crippen LogP contribution in [0.15, 0.2) is 102 Å². The van der Waals surface area contributed by atoms with Crippen LogP contribution in [-0.2, 0) is 59.6 Å². The predicted octanol–water partition coefficient (Wildman–Crippen LogP) is 4.45. The van der Waals surface area contributed by atoms with Gasteiger partial charge >= 0.3 is 12.1 Å². The number of nitrogens with two attached hydrogens (primary N) is 2. The third-order valence-corrected chi connectivity index (χ3v) is 14.3. The standard InChI is InChI=1S/C62H76N14O11/c1-3-27-75(28-4-2)60(84)45-31-43-17-18-44(33-51(43)72-52(63)34-45)58(82)71-48-32-46-38-74(30-23-49(46)68-35-48)37-40-11-15-42(16-12-40)57(81)65-25-26-67-62(86)87-39-41-13-19-47(20-14-41)70-59(83)50(9-8-24-66-61(64)85)73-54(78)36-69-53(77)10-6-5-7-29-76-55(79)21-22-56(76)80/h11-22,31-33,35,50H,3-10,23-30,34,36-39H2,1-2H3,(H2,63,72)(H,65,81)(H,67,86)(H,69,77)(H,70,83)(H,71,82)(H,73,78)(H3,64,66,85)/t50-/m0/s1. The summed E-state index contributed by atoms with van der Waals surface area (Å²) in [5, 5.41) is 18.7. The summed E-state index contributed by atoms with van der Waals surface area (Å²) in [4.78, 5) is 140. The first-order chi connectivity index (χ1) is 41.9. The Bertz CT molecular complexity index is 3250. The smallest absolute Gasteiger partial charge is 0.407 e. The monoisotopic (exact) mass is 1190 g/mol. The number of benzene rings is 3. The molecule has 1 aromatic heterocycles. The average molecular weight is 1190 g/mol. The van der Waals surface area contributed by atoms with Gasteiger partial charge in [0.2, 0.25) is 23.6 Å². The zero-order valence-corrected chi connectivity index (χ0v) is 49.0. The van der Waals surface area contributed by atoms with Gasteiger partial charge in [-0.05, 0) is 104 Å². The Labute approximate surface area is 504 Å². The van der Waals surface area contributed by atoms with Gasteiger partial charge in [0, 0.05) is 124 Å². The van der Waals surface area contributed by atoms with Gasteiger partial charge in [0.15, 0.2) is 0 Å². The van der Waals surface area contributed by atoms with Crippen molar-refractivity contribution in [3.05, 3.63) is 136 Å². The Kier molecular flexibility index (Phi) is 24.2. The molecule has 4 aromatic rings. The molecule has 0 aliphatic carbocycles. The number of pyridine rings is 1. The number of nitrogens with zero attached hydrogens (tertiary/aromatic N) is 5. The van der Waals surface area contributed by atoms with Crippen LogP contribution in [0.4, 0.5) is 26.7 Å². The minimum Gasteiger partial charge on any atom is -0.445 e. The van der Waals surface area contributed by atoms with Gasteiger partial charge < -0.3 is 58.3 Å². The number of aromatic nitrogens is 1. The van der Waals surface area contributed by atoms with Crippen LogP contribution in [0, 0.1) is 0 Å². The SMILES string of the molecule is CCCN(CCC)C(=O)C1=Cc2ccc(C(=O)Nc3cnc4c(c3)CN(Cc3ccc(C(=O)NCCNC(=O)OCc5ccc(NC(=O)[C@H](CCCNC(N)=O)NC(=O)CNC(=O)CCCCCN6C(=O)C=CC6=O)cc5)cc3)CC4)cc2N=C(N)C1.